The molecule has 72 heavy (non-hydrogen) atoms. The van der Waals surface area contributed by atoms with Crippen molar-refractivity contribution in [2.45, 2.75) is 161 Å². The molecule has 3 nitrogen and oxygen atoms in total. The summed E-state index contributed by atoms with van der Waals surface area (Å²) in [6.45, 7) is 31.8. The minimum absolute atomic E-state index is 0.00869. The topological polar surface area (TPSA) is 28.4 Å². The number of furan rings is 1. The predicted molar refractivity (Wildman–Crippen MR) is 313 cm³/mol. The van der Waals surface area contributed by atoms with Gasteiger partial charge >= 0.3 is 0 Å². The maximum absolute atomic E-state index is 7.28. The van der Waals surface area contributed by atoms with Crippen LogP contribution in [0.3, 0.4) is 0 Å². The monoisotopic (exact) mass is 963 g/mol. The smallest absolute Gasteiger partial charge is 0.200 e. The van der Waals surface area contributed by atoms with Gasteiger partial charge in [-0.2, -0.15) is 0 Å². The molecule has 0 bridgehead atoms. The van der Waals surface area contributed by atoms with E-state index in [4.69, 9.17) is 4.42 Å². The number of para-hydroxylation sites is 1. The average Bonchev–Trinajstić information content (AvgIpc) is 3.91. The van der Waals surface area contributed by atoms with Crippen LogP contribution in [0.15, 0.2) is 114 Å². The second-order valence-electron chi connectivity index (χ2n) is 26.6. The van der Waals surface area contributed by atoms with E-state index >= 15 is 0 Å². The Balaban J connectivity index is 1.15. The van der Waals surface area contributed by atoms with Crippen LogP contribution in [0.25, 0.3) is 53.2 Å². The molecule has 1 N–H and O–H groups in total. The van der Waals surface area contributed by atoms with E-state index in [0.717, 1.165) is 54.2 Å². The molecule has 0 spiro atoms. The fourth-order valence-electron chi connectivity index (χ4n) is 14.0. The normalized spacial score (nSPS) is 19.6. The van der Waals surface area contributed by atoms with Crippen molar-refractivity contribution in [2.24, 2.45) is 0 Å². The Labute approximate surface area is 432 Å². The first-order chi connectivity index (χ1) is 34.0. The molecule has 0 saturated heterocycles. The third-order valence-electron chi connectivity index (χ3n) is 19.0. The molecule has 5 heteroatoms. The lowest BCUT2D eigenvalue weighted by Gasteiger charge is -2.44. The number of anilines is 5. The Bertz CT molecular complexity index is 3800. The average molecular weight is 963 g/mol. The van der Waals surface area contributed by atoms with Crippen molar-refractivity contribution < 1.29 is 4.42 Å². The van der Waals surface area contributed by atoms with Crippen LogP contribution < -0.4 is 21.1 Å². The molecule has 0 atom stereocenters. The molecule has 7 aromatic carbocycles. The summed E-state index contributed by atoms with van der Waals surface area (Å²) in [5.74, 6) is 0. The summed E-state index contributed by atoms with van der Waals surface area (Å²) in [7, 11) is 0.781. The Morgan fingerprint density at radius 1 is 0.486 bits per heavy atom. The molecule has 3 heterocycles. The lowest BCUT2D eigenvalue weighted by atomic mass is 9.57. The van der Waals surface area contributed by atoms with Gasteiger partial charge in [0.25, 0.3) is 0 Å². The van der Waals surface area contributed by atoms with Gasteiger partial charge in [0.2, 0.25) is 7.28 Å². The summed E-state index contributed by atoms with van der Waals surface area (Å²) in [6, 6.07) is 42.7. The van der Waals surface area contributed by atoms with Gasteiger partial charge in [0.15, 0.2) is 5.58 Å². The Kier molecular flexibility index (Phi) is 9.69. The van der Waals surface area contributed by atoms with Gasteiger partial charge in [-0.05, 0) is 193 Å². The molecule has 4 aliphatic rings. The van der Waals surface area contributed by atoms with Crippen molar-refractivity contribution in [3.05, 3.63) is 148 Å². The second-order valence-corrected chi connectivity index (χ2v) is 27.6. The minimum atomic E-state index is 0.00869. The zero-order chi connectivity index (χ0) is 50.2. The molecule has 364 valence electrons. The molecule has 3 aliphatic carbocycles. The molecule has 0 radical (unpaired) electrons. The molecule has 0 saturated carbocycles. The van der Waals surface area contributed by atoms with Crippen LogP contribution in [0.5, 0.6) is 0 Å². The van der Waals surface area contributed by atoms with Crippen LogP contribution in [0.2, 0.25) is 0 Å². The number of fused-ring (bicyclic) bond motifs is 13. The third-order valence-corrected chi connectivity index (χ3v) is 20.3. The highest BCUT2D eigenvalue weighted by Gasteiger charge is 2.43. The molecule has 0 fully saturated rings. The largest absolute Gasteiger partial charge is 0.454 e. The van der Waals surface area contributed by atoms with Gasteiger partial charge in [-0.15, -0.1) is 11.3 Å². The van der Waals surface area contributed by atoms with E-state index < -0.39 is 0 Å². The molecule has 2 aromatic heterocycles. The number of rotatable bonds is 4. The first kappa shape index (κ1) is 46.0. The van der Waals surface area contributed by atoms with E-state index in [0.29, 0.717) is 0 Å². The van der Waals surface area contributed by atoms with Crippen LogP contribution >= 0.6 is 11.3 Å². The summed E-state index contributed by atoms with van der Waals surface area (Å²) in [5.41, 5.74) is 23.7. The zero-order valence-electron chi connectivity index (χ0n) is 45.1. The third kappa shape index (κ3) is 6.74. The highest BCUT2D eigenvalue weighted by molar-refractivity contribution is 7.27. The Morgan fingerprint density at radius 3 is 1.74 bits per heavy atom. The molecule has 9 aromatic rings. The van der Waals surface area contributed by atoms with Gasteiger partial charge in [-0.25, -0.2) is 0 Å². The van der Waals surface area contributed by atoms with E-state index in [-0.39, 0.29) is 32.5 Å². The quantitative estimate of drug-likeness (QED) is 0.178. The molecule has 13 rings (SSSR count). The van der Waals surface area contributed by atoms with Gasteiger partial charge in [0, 0.05) is 53.9 Å². The summed E-state index contributed by atoms with van der Waals surface area (Å²) in [5, 5.41) is 9.21. The summed E-state index contributed by atoms with van der Waals surface area (Å²) in [6.07, 6.45) is 7.02. The maximum Gasteiger partial charge on any atom is 0.200 e. The summed E-state index contributed by atoms with van der Waals surface area (Å²) >= 11 is 1.96. The highest BCUT2D eigenvalue weighted by Crippen LogP contribution is 2.55. The van der Waals surface area contributed by atoms with E-state index in [1.165, 1.54) is 123 Å². The fraction of sp³-hybridized carbons (Fsp3) is 0.373. The fourth-order valence-corrected chi connectivity index (χ4v) is 15.3. The maximum atomic E-state index is 7.28. The van der Waals surface area contributed by atoms with E-state index in [2.05, 4.69) is 209 Å². The van der Waals surface area contributed by atoms with Crippen molar-refractivity contribution >= 4 is 100 Å². The van der Waals surface area contributed by atoms with Gasteiger partial charge in [-0.3, -0.25) is 0 Å². The SMILES string of the molecule is Cc1cc2c(cc1N1c3ccc4c(sc5ccccc54)c3Bc3c(-c4cc5c(cc4Nc4ccc6c(c4)C(C)(C)CCC6(C)C)C(C)(C)CCC5(C)C)cc4c(oc5ccccc54)c31)C(C)(C)CCC2(C)C. The molecule has 0 unspecified atom stereocenters. The number of aryl methyl sites for hydroxylation is 1. The number of benzene rings is 7. The van der Waals surface area contributed by atoms with Crippen LogP contribution in [0.1, 0.15) is 161 Å². The van der Waals surface area contributed by atoms with Crippen LogP contribution in [0, 0.1) is 6.92 Å². The second kappa shape index (κ2) is 15.2. The van der Waals surface area contributed by atoms with E-state index in [9.17, 15) is 0 Å². The van der Waals surface area contributed by atoms with E-state index in [1.807, 2.05) is 11.3 Å². The molecule has 0 amide bonds. The zero-order valence-corrected chi connectivity index (χ0v) is 45.9. The van der Waals surface area contributed by atoms with Crippen molar-refractivity contribution in [3.8, 4) is 11.1 Å². The Hall–Kier alpha value is -5.78. The number of thiophene rings is 1. The van der Waals surface area contributed by atoms with Crippen LogP contribution in [-0.2, 0) is 32.5 Å². The standard InChI is InChI=1S/C67H71BN2OS/c1-38-32-47-51(67(12,13)31-28-63(47,4)5)37-54(38)70-53-25-23-42-41-19-15-17-21-56(41)72-61(42)58(53)68-57-44(34-45-40-18-14-16-20-55(40)71-60(45)59(57)70)43-35-49-50(66(10,11)30-29-65(49,8)9)36-52(43)69-39-22-24-46-48(33-39)64(6,7)27-26-62(46,2)3/h14-25,32-37,68-69H,26-31H2,1-13H3. The number of nitrogens with zero attached hydrogens (tertiary/aromatic N) is 1. The number of hydrogen-bond donors (Lipinski definition) is 1. The van der Waals surface area contributed by atoms with Gasteiger partial charge in [0.05, 0.1) is 5.69 Å². The number of nitrogens with one attached hydrogen (secondary N) is 1. The van der Waals surface area contributed by atoms with Crippen molar-refractivity contribution in [2.75, 3.05) is 10.2 Å². The van der Waals surface area contributed by atoms with Crippen molar-refractivity contribution in [1.29, 1.82) is 0 Å². The molecular formula is C67H71BN2OS. The molecular weight excluding hydrogens is 892 g/mol. The lowest BCUT2D eigenvalue weighted by molar-refractivity contribution is 0.332. The number of hydrogen-bond acceptors (Lipinski definition) is 4. The van der Waals surface area contributed by atoms with Gasteiger partial charge in [-0.1, -0.05) is 138 Å². The first-order valence-electron chi connectivity index (χ1n) is 27.0. The Morgan fingerprint density at radius 2 is 1.06 bits per heavy atom. The predicted octanol–water partition coefficient (Wildman–Crippen LogP) is 17.9. The van der Waals surface area contributed by atoms with Crippen molar-refractivity contribution in [3.63, 3.8) is 0 Å². The minimum Gasteiger partial charge on any atom is -0.454 e. The summed E-state index contributed by atoms with van der Waals surface area (Å²) < 4.78 is 10.00. The van der Waals surface area contributed by atoms with Crippen LogP contribution in [0.4, 0.5) is 28.4 Å². The van der Waals surface area contributed by atoms with Gasteiger partial charge < -0.3 is 14.6 Å². The highest BCUT2D eigenvalue weighted by atomic mass is 32.1. The van der Waals surface area contributed by atoms with Gasteiger partial charge in [0.1, 0.15) is 5.58 Å². The molecule has 1 aliphatic heterocycles. The first-order valence-corrected chi connectivity index (χ1v) is 27.8. The van der Waals surface area contributed by atoms with E-state index in [1.54, 1.807) is 0 Å². The summed E-state index contributed by atoms with van der Waals surface area (Å²) in [4.78, 5) is 2.66. The van der Waals surface area contributed by atoms with Crippen LogP contribution in [-0.4, -0.2) is 7.28 Å². The lowest BCUT2D eigenvalue weighted by Crippen LogP contribution is -2.42. The van der Waals surface area contributed by atoms with Crippen molar-refractivity contribution in [1.82, 2.24) is 0 Å².